The first kappa shape index (κ1) is 17.5. The van der Waals surface area contributed by atoms with Crippen LogP contribution >= 0.6 is 11.8 Å². The fraction of sp³-hybridized carbons (Fsp3) is 0.467. The number of halogens is 2. The summed E-state index contributed by atoms with van der Waals surface area (Å²) >= 11 is 0.732. The molecule has 0 aromatic heterocycles. The number of amides is 1. The van der Waals surface area contributed by atoms with Crippen LogP contribution in [0.1, 0.15) is 12.0 Å². The van der Waals surface area contributed by atoms with Gasteiger partial charge in [0, 0.05) is 13.0 Å². The first-order chi connectivity index (χ1) is 10.9. The Labute approximate surface area is 136 Å². The molecule has 1 aromatic carbocycles. The Morgan fingerprint density at radius 3 is 2.65 bits per heavy atom. The zero-order chi connectivity index (χ0) is 16.9. The van der Waals surface area contributed by atoms with Crippen molar-refractivity contribution in [1.82, 2.24) is 4.90 Å². The molecule has 5 nitrogen and oxygen atoms in total. The predicted molar refractivity (Wildman–Crippen MR) is 81.5 cm³/mol. The molecule has 1 unspecified atom stereocenters. The zero-order valence-electron chi connectivity index (χ0n) is 12.5. The summed E-state index contributed by atoms with van der Waals surface area (Å²) in [7, 11) is 0. The molecule has 126 valence electrons. The molecule has 23 heavy (non-hydrogen) atoms. The van der Waals surface area contributed by atoms with E-state index in [-0.39, 0.29) is 19.6 Å². The fourth-order valence-corrected chi connectivity index (χ4v) is 2.41. The number of nitrogens with zero attached hydrogens (tertiary/aromatic N) is 1. The van der Waals surface area contributed by atoms with Crippen LogP contribution < -0.4 is 0 Å². The van der Waals surface area contributed by atoms with E-state index in [9.17, 15) is 18.4 Å². The third-order valence-electron chi connectivity index (χ3n) is 3.40. The second-order valence-electron chi connectivity index (χ2n) is 5.07. The molecule has 2 rings (SSSR count). The van der Waals surface area contributed by atoms with Crippen molar-refractivity contribution in [2.24, 2.45) is 0 Å². The lowest BCUT2D eigenvalue weighted by Crippen LogP contribution is -2.54. The van der Waals surface area contributed by atoms with Crippen LogP contribution in [0.15, 0.2) is 30.3 Å². The Morgan fingerprint density at radius 2 is 2.04 bits per heavy atom. The highest BCUT2D eigenvalue weighted by Gasteiger charge is 2.48. The Hall–Kier alpha value is -1.83. The molecule has 1 saturated heterocycles. The number of carbonyl (C=O) groups excluding carboxylic acids is 2. The molecule has 1 aromatic rings. The maximum Gasteiger partial charge on any atom is 0.410 e. The van der Waals surface area contributed by atoms with E-state index in [4.69, 9.17) is 9.47 Å². The Balaban J connectivity index is 1.88. The summed E-state index contributed by atoms with van der Waals surface area (Å²) in [5.41, 5.74) is 0.774. The van der Waals surface area contributed by atoms with Gasteiger partial charge in [-0.05, 0) is 23.6 Å². The van der Waals surface area contributed by atoms with Crippen LogP contribution in [0.5, 0.6) is 0 Å². The zero-order valence-corrected chi connectivity index (χ0v) is 13.4. The average molecular weight is 345 g/mol. The lowest BCUT2D eigenvalue weighted by molar-refractivity contribution is -0.143. The topological polar surface area (TPSA) is 55.8 Å². The van der Waals surface area contributed by atoms with Gasteiger partial charge in [0.1, 0.15) is 6.61 Å². The van der Waals surface area contributed by atoms with Crippen LogP contribution in [0.25, 0.3) is 0 Å². The van der Waals surface area contributed by atoms with Crippen LogP contribution in [0.4, 0.5) is 18.4 Å². The first-order valence-electron chi connectivity index (χ1n) is 7.00. The molecule has 1 atom stereocenters. The number of piperidine rings is 1. The van der Waals surface area contributed by atoms with Gasteiger partial charge in [0.2, 0.25) is 0 Å². The summed E-state index contributed by atoms with van der Waals surface area (Å²) in [6.45, 7) is -0.755. The van der Waals surface area contributed by atoms with Crippen molar-refractivity contribution in [1.29, 1.82) is 0 Å². The third kappa shape index (κ3) is 4.82. The highest BCUT2D eigenvalue weighted by atomic mass is 32.2. The lowest BCUT2D eigenvalue weighted by Gasteiger charge is -2.36. The van der Waals surface area contributed by atoms with Gasteiger partial charge >= 0.3 is 17.3 Å². The molecule has 1 aliphatic rings. The van der Waals surface area contributed by atoms with E-state index in [0.29, 0.717) is 0 Å². The van der Waals surface area contributed by atoms with E-state index in [2.05, 4.69) is 0 Å². The smallest absolute Gasteiger partial charge is 0.410 e. The molecular weight excluding hydrogens is 328 g/mol. The molecule has 1 fully saturated rings. The summed E-state index contributed by atoms with van der Waals surface area (Å²) in [4.78, 5) is 24.0. The van der Waals surface area contributed by atoms with Crippen molar-refractivity contribution >= 4 is 23.2 Å². The normalized spacial score (nSPS) is 20.0. The van der Waals surface area contributed by atoms with Gasteiger partial charge in [-0.15, -0.1) is 0 Å². The molecule has 0 saturated carbocycles. The monoisotopic (exact) mass is 345 g/mol. The maximum atomic E-state index is 14.0. The van der Waals surface area contributed by atoms with Gasteiger partial charge in [-0.3, -0.25) is 0 Å². The predicted octanol–water partition coefficient (Wildman–Crippen LogP) is 3.53. The Bertz CT molecular complexity index is 556. The number of hydrogen-bond acceptors (Lipinski definition) is 5. The number of likely N-dealkylation sites (tertiary alicyclic amines) is 1. The van der Waals surface area contributed by atoms with Gasteiger partial charge in [0.05, 0.1) is 6.54 Å². The van der Waals surface area contributed by atoms with Gasteiger partial charge in [0.15, 0.2) is 6.10 Å². The molecule has 0 N–H and O–H groups in total. The number of alkyl halides is 2. The van der Waals surface area contributed by atoms with Crippen LogP contribution in [-0.4, -0.2) is 47.7 Å². The minimum Gasteiger partial charge on any atom is -0.448 e. The SMILES string of the molecule is CSC(=O)OC1CCN(C(=O)OCc2ccccc2)CC1(F)F. The number of ether oxygens (including phenoxy) is 2. The number of rotatable bonds is 3. The summed E-state index contributed by atoms with van der Waals surface area (Å²) < 4.78 is 37.8. The highest BCUT2D eigenvalue weighted by molar-refractivity contribution is 8.12. The van der Waals surface area contributed by atoms with Crippen LogP contribution in [0.2, 0.25) is 0 Å². The van der Waals surface area contributed by atoms with Gasteiger partial charge in [0.25, 0.3) is 0 Å². The van der Waals surface area contributed by atoms with E-state index < -0.39 is 30.0 Å². The lowest BCUT2D eigenvalue weighted by atomic mass is 10.0. The summed E-state index contributed by atoms with van der Waals surface area (Å²) in [5.74, 6) is -3.30. The fourth-order valence-electron chi connectivity index (χ4n) is 2.20. The molecule has 1 amide bonds. The van der Waals surface area contributed by atoms with E-state index in [1.54, 1.807) is 24.3 Å². The van der Waals surface area contributed by atoms with Gasteiger partial charge in [-0.25, -0.2) is 18.4 Å². The quantitative estimate of drug-likeness (QED) is 0.785. The van der Waals surface area contributed by atoms with Crippen molar-refractivity contribution in [2.45, 2.75) is 25.1 Å². The number of thioether (sulfide) groups is 1. The molecule has 0 aliphatic carbocycles. The van der Waals surface area contributed by atoms with Crippen LogP contribution in [0, 0.1) is 0 Å². The standard InChI is InChI=1S/C15H17F2NO4S/c1-23-14(20)22-12-7-8-18(10-15(12,16)17)13(19)21-9-11-5-3-2-4-6-11/h2-6,12H,7-10H2,1H3. The maximum absolute atomic E-state index is 14.0. The van der Waals surface area contributed by atoms with E-state index in [1.165, 1.54) is 6.26 Å². The number of benzene rings is 1. The summed E-state index contributed by atoms with van der Waals surface area (Å²) in [6.07, 6.45) is -0.986. The van der Waals surface area contributed by atoms with E-state index in [1.807, 2.05) is 6.07 Å². The molecule has 1 heterocycles. The second-order valence-corrected chi connectivity index (χ2v) is 5.81. The highest BCUT2D eigenvalue weighted by Crippen LogP contribution is 2.31. The van der Waals surface area contributed by atoms with Crippen LogP contribution in [-0.2, 0) is 16.1 Å². The molecule has 0 bridgehead atoms. The second kappa shape index (κ2) is 7.63. The molecule has 0 radical (unpaired) electrons. The molecule has 1 aliphatic heterocycles. The summed E-state index contributed by atoms with van der Waals surface area (Å²) in [6, 6.07) is 8.96. The third-order valence-corrected chi connectivity index (χ3v) is 3.83. The molecular formula is C15H17F2NO4S. The van der Waals surface area contributed by atoms with Crippen molar-refractivity contribution in [3.05, 3.63) is 35.9 Å². The first-order valence-corrected chi connectivity index (χ1v) is 8.23. The average Bonchev–Trinajstić information content (AvgIpc) is 2.55. The van der Waals surface area contributed by atoms with Gasteiger partial charge in [-0.1, -0.05) is 30.3 Å². The molecule has 8 heteroatoms. The minimum absolute atomic E-state index is 0.0205. The molecule has 0 spiro atoms. The van der Waals surface area contributed by atoms with E-state index >= 15 is 0 Å². The minimum atomic E-state index is -3.30. The Morgan fingerprint density at radius 1 is 1.35 bits per heavy atom. The van der Waals surface area contributed by atoms with Crippen molar-refractivity contribution in [3.63, 3.8) is 0 Å². The van der Waals surface area contributed by atoms with Crippen molar-refractivity contribution < 1.29 is 27.8 Å². The summed E-state index contributed by atoms with van der Waals surface area (Å²) in [5, 5.41) is -0.755. The van der Waals surface area contributed by atoms with Gasteiger partial charge < -0.3 is 14.4 Å². The van der Waals surface area contributed by atoms with Crippen molar-refractivity contribution in [3.8, 4) is 0 Å². The van der Waals surface area contributed by atoms with Gasteiger partial charge in [-0.2, -0.15) is 0 Å². The van der Waals surface area contributed by atoms with E-state index in [0.717, 1.165) is 22.2 Å². The Kier molecular flexibility index (Phi) is 5.81. The largest absolute Gasteiger partial charge is 0.448 e. The number of hydrogen-bond donors (Lipinski definition) is 0. The van der Waals surface area contributed by atoms with Crippen molar-refractivity contribution in [2.75, 3.05) is 19.3 Å². The van der Waals surface area contributed by atoms with Crippen LogP contribution in [0.3, 0.4) is 0 Å². The number of carbonyl (C=O) groups is 2.